The molecule has 0 fully saturated rings. The molecule has 7 heteroatoms. The van der Waals surface area contributed by atoms with Crippen molar-refractivity contribution >= 4 is 34.4 Å². The average Bonchev–Trinajstić information content (AvgIpc) is 3.10. The highest BCUT2D eigenvalue weighted by molar-refractivity contribution is 7.11. The Labute approximate surface area is 144 Å². The first-order valence-electron chi connectivity index (χ1n) is 7.73. The van der Waals surface area contributed by atoms with E-state index in [0.29, 0.717) is 29.2 Å². The van der Waals surface area contributed by atoms with E-state index in [-0.39, 0.29) is 5.91 Å². The SMILES string of the molecule is Cc1nc(C)c(CCNC(=O)c2cccc3nc(N(C)C)oc23)s1. The van der Waals surface area contributed by atoms with Gasteiger partial charge in [0.2, 0.25) is 0 Å². The number of hydrogen-bond donors (Lipinski definition) is 1. The van der Waals surface area contributed by atoms with Crippen LogP contribution in [0, 0.1) is 13.8 Å². The highest BCUT2D eigenvalue weighted by Gasteiger charge is 2.16. The fourth-order valence-electron chi connectivity index (χ4n) is 2.50. The molecule has 0 unspecified atom stereocenters. The Kier molecular flexibility index (Phi) is 4.53. The first kappa shape index (κ1) is 16.4. The summed E-state index contributed by atoms with van der Waals surface area (Å²) in [4.78, 5) is 24.3. The molecule has 1 amide bonds. The molecule has 0 saturated heterocycles. The lowest BCUT2D eigenvalue weighted by molar-refractivity contribution is 0.0955. The van der Waals surface area contributed by atoms with Crippen molar-refractivity contribution in [3.63, 3.8) is 0 Å². The van der Waals surface area contributed by atoms with Crippen LogP contribution in [0.5, 0.6) is 0 Å². The van der Waals surface area contributed by atoms with Crippen molar-refractivity contribution in [2.24, 2.45) is 0 Å². The number of amides is 1. The predicted molar refractivity (Wildman–Crippen MR) is 96.0 cm³/mol. The lowest BCUT2D eigenvalue weighted by Crippen LogP contribution is -2.25. The van der Waals surface area contributed by atoms with Crippen LogP contribution in [0.15, 0.2) is 22.6 Å². The Morgan fingerprint density at radius 3 is 2.75 bits per heavy atom. The molecule has 3 rings (SSSR count). The van der Waals surface area contributed by atoms with Gasteiger partial charge in [-0.15, -0.1) is 11.3 Å². The van der Waals surface area contributed by atoms with Gasteiger partial charge in [0.25, 0.3) is 11.9 Å². The standard InChI is InChI=1S/C17H20N4O2S/c1-10-14(24-11(2)19-10)8-9-18-16(22)12-6-5-7-13-15(12)23-17(20-13)21(3)4/h5-7H,8-9H2,1-4H3,(H,18,22). The highest BCUT2D eigenvalue weighted by atomic mass is 32.1. The van der Waals surface area contributed by atoms with Crippen LogP contribution in [-0.4, -0.2) is 36.5 Å². The van der Waals surface area contributed by atoms with Gasteiger partial charge in [-0.2, -0.15) is 4.98 Å². The third kappa shape index (κ3) is 3.26. The van der Waals surface area contributed by atoms with Crippen molar-refractivity contribution in [2.75, 3.05) is 25.5 Å². The second-order valence-corrected chi connectivity index (χ2v) is 7.08. The molecule has 0 saturated carbocycles. The summed E-state index contributed by atoms with van der Waals surface area (Å²) in [7, 11) is 3.70. The summed E-state index contributed by atoms with van der Waals surface area (Å²) in [6.45, 7) is 4.55. The number of carbonyl (C=O) groups excluding carboxylic acids is 1. The first-order chi connectivity index (χ1) is 11.5. The molecule has 6 nitrogen and oxygen atoms in total. The number of aromatic nitrogens is 2. The summed E-state index contributed by atoms with van der Waals surface area (Å²) in [5.41, 5.74) is 2.74. The summed E-state index contributed by atoms with van der Waals surface area (Å²) in [5, 5.41) is 4.01. The summed E-state index contributed by atoms with van der Waals surface area (Å²) in [6, 6.07) is 5.90. The molecule has 24 heavy (non-hydrogen) atoms. The van der Waals surface area contributed by atoms with Crippen LogP contribution in [-0.2, 0) is 6.42 Å². The first-order valence-corrected chi connectivity index (χ1v) is 8.55. The van der Waals surface area contributed by atoms with Crippen LogP contribution in [0.4, 0.5) is 6.01 Å². The average molecular weight is 344 g/mol. The number of para-hydroxylation sites is 1. The molecule has 2 aromatic heterocycles. The van der Waals surface area contributed by atoms with Crippen molar-refractivity contribution in [1.82, 2.24) is 15.3 Å². The molecule has 0 bridgehead atoms. The number of benzene rings is 1. The zero-order chi connectivity index (χ0) is 17.3. The Morgan fingerprint density at radius 2 is 2.08 bits per heavy atom. The molecule has 0 aliphatic rings. The zero-order valence-electron chi connectivity index (χ0n) is 14.2. The molecule has 3 aromatic rings. The van der Waals surface area contributed by atoms with Gasteiger partial charge in [-0.05, 0) is 26.0 Å². The van der Waals surface area contributed by atoms with Gasteiger partial charge in [0.05, 0.1) is 16.3 Å². The Hall–Kier alpha value is -2.41. The maximum Gasteiger partial charge on any atom is 0.297 e. The molecule has 0 radical (unpaired) electrons. The van der Waals surface area contributed by atoms with Gasteiger partial charge >= 0.3 is 0 Å². The van der Waals surface area contributed by atoms with Crippen molar-refractivity contribution in [2.45, 2.75) is 20.3 Å². The van der Waals surface area contributed by atoms with Gasteiger partial charge in [-0.3, -0.25) is 4.79 Å². The van der Waals surface area contributed by atoms with Crippen molar-refractivity contribution < 1.29 is 9.21 Å². The molecule has 0 aliphatic heterocycles. The third-order valence-electron chi connectivity index (χ3n) is 3.67. The predicted octanol–water partition coefficient (Wildman–Crippen LogP) is 2.94. The van der Waals surface area contributed by atoms with Gasteiger partial charge in [-0.25, -0.2) is 4.98 Å². The van der Waals surface area contributed by atoms with Crippen molar-refractivity contribution in [1.29, 1.82) is 0 Å². The minimum atomic E-state index is -0.152. The Morgan fingerprint density at radius 1 is 1.29 bits per heavy atom. The largest absolute Gasteiger partial charge is 0.423 e. The summed E-state index contributed by atoms with van der Waals surface area (Å²) < 4.78 is 5.71. The van der Waals surface area contributed by atoms with Crippen LogP contribution >= 0.6 is 11.3 Å². The molecule has 0 atom stereocenters. The second kappa shape index (κ2) is 6.60. The van der Waals surface area contributed by atoms with E-state index >= 15 is 0 Å². The van der Waals surface area contributed by atoms with Crippen LogP contribution < -0.4 is 10.2 Å². The molecule has 0 aliphatic carbocycles. The third-order valence-corrected chi connectivity index (χ3v) is 4.80. The van der Waals surface area contributed by atoms with Crippen LogP contribution in [0.2, 0.25) is 0 Å². The monoisotopic (exact) mass is 344 g/mol. The normalized spacial score (nSPS) is 11.0. The zero-order valence-corrected chi connectivity index (χ0v) is 15.0. The van der Waals surface area contributed by atoms with E-state index in [1.54, 1.807) is 22.3 Å². The number of aryl methyl sites for hydroxylation is 2. The minimum absolute atomic E-state index is 0.152. The number of nitrogens with zero attached hydrogens (tertiary/aromatic N) is 3. The van der Waals surface area contributed by atoms with Gasteiger partial charge in [0.1, 0.15) is 5.52 Å². The quantitative estimate of drug-likeness (QED) is 0.770. The van der Waals surface area contributed by atoms with Crippen LogP contribution in [0.1, 0.15) is 25.9 Å². The van der Waals surface area contributed by atoms with Gasteiger partial charge in [0.15, 0.2) is 5.58 Å². The smallest absolute Gasteiger partial charge is 0.297 e. The van der Waals surface area contributed by atoms with E-state index < -0.39 is 0 Å². The molecule has 0 spiro atoms. The number of anilines is 1. The number of hydrogen-bond acceptors (Lipinski definition) is 6. The van der Waals surface area contributed by atoms with Crippen LogP contribution in [0.3, 0.4) is 0 Å². The highest BCUT2D eigenvalue weighted by Crippen LogP contribution is 2.24. The van der Waals surface area contributed by atoms with E-state index in [1.165, 1.54) is 4.88 Å². The molecular formula is C17H20N4O2S. The number of nitrogens with one attached hydrogen (secondary N) is 1. The van der Waals surface area contributed by atoms with E-state index in [1.807, 2.05) is 40.1 Å². The fraction of sp³-hybridized carbons (Fsp3) is 0.353. The maximum atomic E-state index is 12.5. The molecule has 1 aromatic carbocycles. The molecule has 1 N–H and O–H groups in total. The second-order valence-electron chi connectivity index (χ2n) is 5.79. The van der Waals surface area contributed by atoms with Crippen LogP contribution in [0.25, 0.3) is 11.1 Å². The van der Waals surface area contributed by atoms with E-state index in [2.05, 4.69) is 15.3 Å². The van der Waals surface area contributed by atoms with Gasteiger partial charge < -0.3 is 14.6 Å². The number of fused-ring (bicyclic) bond motifs is 1. The lowest BCUT2D eigenvalue weighted by atomic mass is 10.2. The minimum Gasteiger partial charge on any atom is -0.423 e. The van der Waals surface area contributed by atoms with Gasteiger partial charge in [0, 0.05) is 31.9 Å². The van der Waals surface area contributed by atoms with Crippen molar-refractivity contribution in [3.8, 4) is 0 Å². The number of oxazole rings is 1. The maximum absolute atomic E-state index is 12.5. The van der Waals surface area contributed by atoms with E-state index in [4.69, 9.17) is 4.42 Å². The topological polar surface area (TPSA) is 71.3 Å². The van der Waals surface area contributed by atoms with E-state index in [9.17, 15) is 4.79 Å². The number of thiazole rings is 1. The molecular weight excluding hydrogens is 324 g/mol. The fourth-order valence-corrected chi connectivity index (χ4v) is 3.43. The summed E-state index contributed by atoms with van der Waals surface area (Å²) in [5.74, 6) is -0.152. The molecule has 126 valence electrons. The Bertz CT molecular complexity index is 882. The van der Waals surface area contributed by atoms with Gasteiger partial charge in [-0.1, -0.05) is 6.07 Å². The Balaban J connectivity index is 1.73. The number of rotatable bonds is 5. The summed E-state index contributed by atoms with van der Waals surface area (Å²) in [6.07, 6.45) is 0.776. The van der Waals surface area contributed by atoms with Crippen molar-refractivity contribution in [3.05, 3.63) is 39.3 Å². The molecule has 2 heterocycles. The lowest BCUT2D eigenvalue weighted by Gasteiger charge is -2.05. The summed E-state index contributed by atoms with van der Waals surface area (Å²) >= 11 is 1.67. The number of carbonyl (C=O) groups is 1. The van der Waals surface area contributed by atoms with E-state index in [0.717, 1.165) is 17.1 Å².